The average Bonchev–Trinajstić information content (AvgIpc) is 2.42. The van der Waals surface area contributed by atoms with Crippen LogP contribution in [-0.4, -0.2) is 24.4 Å². The van der Waals surface area contributed by atoms with Crippen LogP contribution in [0.2, 0.25) is 0 Å². The highest BCUT2D eigenvalue weighted by Gasteiger charge is 2.09. The summed E-state index contributed by atoms with van der Waals surface area (Å²) in [6.45, 7) is 4.75. The van der Waals surface area contributed by atoms with Crippen molar-refractivity contribution in [2.24, 2.45) is 0 Å². The van der Waals surface area contributed by atoms with E-state index in [4.69, 9.17) is 4.74 Å². The Morgan fingerprint density at radius 2 is 1.89 bits per heavy atom. The van der Waals surface area contributed by atoms with Gasteiger partial charge in [0.15, 0.2) is 5.82 Å². The lowest BCUT2D eigenvalue weighted by atomic mass is 10.2. The molecular formula is C15H19N3O. The summed E-state index contributed by atoms with van der Waals surface area (Å²) in [5.74, 6) is 1.76. The van der Waals surface area contributed by atoms with Gasteiger partial charge in [0, 0.05) is 19.2 Å². The summed E-state index contributed by atoms with van der Waals surface area (Å²) in [5.41, 5.74) is 3.25. The van der Waals surface area contributed by atoms with Gasteiger partial charge in [-0.1, -0.05) is 18.2 Å². The van der Waals surface area contributed by atoms with Gasteiger partial charge in [-0.05, 0) is 31.5 Å². The molecule has 1 aromatic carbocycles. The molecule has 1 aromatic heterocycles. The van der Waals surface area contributed by atoms with Crippen molar-refractivity contribution < 1.29 is 4.74 Å². The topological polar surface area (TPSA) is 38.2 Å². The average molecular weight is 257 g/mol. The van der Waals surface area contributed by atoms with Crippen molar-refractivity contribution in [2.75, 3.05) is 19.1 Å². The molecule has 19 heavy (non-hydrogen) atoms. The van der Waals surface area contributed by atoms with Crippen molar-refractivity contribution in [3.8, 4) is 5.75 Å². The molecule has 0 aliphatic heterocycles. The summed E-state index contributed by atoms with van der Waals surface area (Å²) in [4.78, 5) is 2.07. The highest BCUT2D eigenvalue weighted by atomic mass is 16.5. The zero-order chi connectivity index (χ0) is 13.8. The summed E-state index contributed by atoms with van der Waals surface area (Å²) < 4.78 is 5.36. The molecule has 0 bridgehead atoms. The molecule has 1 heterocycles. The van der Waals surface area contributed by atoms with Gasteiger partial charge in [-0.2, -0.15) is 5.10 Å². The summed E-state index contributed by atoms with van der Waals surface area (Å²) in [6.07, 6.45) is 0. The zero-order valence-electron chi connectivity index (χ0n) is 11.8. The summed E-state index contributed by atoms with van der Waals surface area (Å²) in [5, 5.41) is 8.39. The molecule has 4 heteroatoms. The van der Waals surface area contributed by atoms with Crippen LogP contribution in [0.4, 0.5) is 5.82 Å². The first-order chi connectivity index (χ1) is 9.11. The number of ether oxygens (including phenoxy) is 1. The first kappa shape index (κ1) is 13.3. The van der Waals surface area contributed by atoms with Crippen molar-refractivity contribution in [1.29, 1.82) is 0 Å². The van der Waals surface area contributed by atoms with Crippen LogP contribution in [0.5, 0.6) is 5.75 Å². The number of para-hydroxylation sites is 1. The second-order valence-corrected chi connectivity index (χ2v) is 4.64. The number of nitrogens with zero attached hydrogens (tertiary/aromatic N) is 3. The maximum atomic E-state index is 5.36. The molecule has 4 nitrogen and oxygen atoms in total. The number of hydrogen-bond acceptors (Lipinski definition) is 4. The molecule has 0 aliphatic carbocycles. The quantitative estimate of drug-likeness (QED) is 0.844. The number of hydrogen-bond donors (Lipinski definition) is 0. The molecule has 0 saturated carbocycles. The van der Waals surface area contributed by atoms with Crippen LogP contribution in [0.15, 0.2) is 30.3 Å². The van der Waals surface area contributed by atoms with Gasteiger partial charge >= 0.3 is 0 Å². The van der Waals surface area contributed by atoms with Gasteiger partial charge in [0.2, 0.25) is 0 Å². The van der Waals surface area contributed by atoms with Crippen LogP contribution >= 0.6 is 0 Å². The predicted octanol–water partition coefficient (Wildman–Crippen LogP) is 2.74. The van der Waals surface area contributed by atoms with Crippen molar-refractivity contribution in [2.45, 2.75) is 20.4 Å². The van der Waals surface area contributed by atoms with E-state index < -0.39 is 0 Å². The highest BCUT2D eigenvalue weighted by molar-refractivity contribution is 5.43. The molecule has 0 saturated heterocycles. The molecule has 0 aliphatic rings. The van der Waals surface area contributed by atoms with Gasteiger partial charge in [-0.25, -0.2) is 0 Å². The van der Waals surface area contributed by atoms with Crippen LogP contribution in [0.1, 0.15) is 16.8 Å². The minimum Gasteiger partial charge on any atom is -0.496 e. The lowest BCUT2D eigenvalue weighted by Crippen LogP contribution is -2.19. The Hall–Kier alpha value is -2.10. The van der Waals surface area contributed by atoms with Crippen LogP contribution in [0.25, 0.3) is 0 Å². The van der Waals surface area contributed by atoms with Crippen LogP contribution in [0, 0.1) is 13.8 Å². The van der Waals surface area contributed by atoms with E-state index in [1.165, 1.54) is 0 Å². The number of anilines is 1. The van der Waals surface area contributed by atoms with Crippen LogP contribution < -0.4 is 9.64 Å². The third-order valence-corrected chi connectivity index (χ3v) is 3.21. The fourth-order valence-electron chi connectivity index (χ4n) is 1.89. The number of methoxy groups -OCH3 is 1. The Balaban J connectivity index is 2.20. The van der Waals surface area contributed by atoms with Gasteiger partial charge in [0.1, 0.15) is 5.75 Å². The fraction of sp³-hybridized carbons (Fsp3) is 0.333. The molecule has 100 valence electrons. The fourth-order valence-corrected chi connectivity index (χ4v) is 1.89. The third kappa shape index (κ3) is 3.02. The van der Waals surface area contributed by atoms with Crippen LogP contribution in [-0.2, 0) is 6.54 Å². The van der Waals surface area contributed by atoms with E-state index in [0.29, 0.717) is 0 Å². The number of aryl methyl sites for hydroxylation is 2. The number of benzene rings is 1. The molecule has 0 fully saturated rings. The summed E-state index contributed by atoms with van der Waals surface area (Å²) in [6, 6.07) is 10.1. The summed E-state index contributed by atoms with van der Waals surface area (Å²) in [7, 11) is 3.69. The van der Waals surface area contributed by atoms with E-state index in [-0.39, 0.29) is 0 Å². The third-order valence-electron chi connectivity index (χ3n) is 3.21. The van der Waals surface area contributed by atoms with Crippen molar-refractivity contribution in [1.82, 2.24) is 10.2 Å². The smallest absolute Gasteiger partial charge is 0.151 e. The molecule has 0 unspecified atom stereocenters. The van der Waals surface area contributed by atoms with E-state index in [9.17, 15) is 0 Å². The standard InChI is InChI=1S/C15H19N3O/c1-11-9-15(17-16-12(11)2)18(3)10-13-7-5-6-8-14(13)19-4/h5-9H,10H2,1-4H3. The van der Waals surface area contributed by atoms with E-state index in [1.807, 2.05) is 39.1 Å². The zero-order valence-corrected chi connectivity index (χ0v) is 11.8. The largest absolute Gasteiger partial charge is 0.496 e. The second-order valence-electron chi connectivity index (χ2n) is 4.64. The Labute approximate surface area is 114 Å². The predicted molar refractivity (Wildman–Crippen MR) is 76.6 cm³/mol. The molecule has 2 rings (SSSR count). The van der Waals surface area contributed by atoms with Crippen molar-refractivity contribution in [3.05, 3.63) is 47.2 Å². The Kier molecular flexibility index (Phi) is 4.00. The Bertz CT molecular complexity index is 569. The lowest BCUT2D eigenvalue weighted by molar-refractivity contribution is 0.409. The monoisotopic (exact) mass is 257 g/mol. The summed E-state index contributed by atoms with van der Waals surface area (Å²) >= 11 is 0. The van der Waals surface area contributed by atoms with Crippen molar-refractivity contribution in [3.63, 3.8) is 0 Å². The van der Waals surface area contributed by atoms with E-state index in [2.05, 4.69) is 27.2 Å². The Morgan fingerprint density at radius 1 is 1.16 bits per heavy atom. The number of rotatable bonds is 4. The molecule has 0 amide bonds. The molecule has 0 radical (unpaired) electrons. The van der Waals surface area contributed by atoms with Gasteiger partial charge in [0.05, 0.1) is 12.8 Å². The SMILES string of the molecule is COc1ccccc1CN(C)c1cc(C)c(C)nn1. The van der Waals surface area contributed by atoms with Gasteiger partial charge in [0.25, 0.3) is 0 Å². The van der Waals surface area contributed by atoms with Gasteiger partial charge in [-0.3, -0.25) is 0 Å². The molecular weight excluding hydrogens is 238 g/mol. The van der Waals surface area contributed by atoms with Gasteiger partial charge < -0.3 is 9.64 Å². The molecule has 0 spiro atoms. The van der Waals surface area contributed by atoms with E-state index in [0.717, 1.165) is 34.9 Å². The maximum absolute atomic E-state index is 5.36. The van der Waals surface area contributed by atoms with E-state index >= 15 is 0 Å². The maximum Gasteiger partial charge on any atom is 0.151 e. The van der Waals surface area contributed by atoms with Gasteiger partial charge in [-0.15, -0.1) is 5.10 Å². The number of aromatic nitrogens is 2. The lowest BCUT2D eigenvalue weighted by Gasteiger charge is -2.19. The molecule has 0 N–H and O–H groups in total. The Morgan fingerprint density at radius 3 is 2.58 bits per heavy atom. The second kappa shape index (κ2) is 5.69. The minimum absolute atomic E-state index is 0.737. The minimum atomic E-state index is 0.737. The normalized spacial score (nSPS) is 10.3. The molecule has 2 aromatic rings. The first-order valence-corrected chi connectivity index (χ1v) is 6.25. The molecule has 0 atom stereocenters. The van der Waals surface area contributed by atoms with Crippen molar-refractivity contribution >= 4 is 5.82 Å². The first-order valence-electron chi connectivity index (χ1n) is 6.25. The highest BCUT2D eigenvalue weighted by Crippen LogP contribution is 2.21. The van der Waals surface area contributed by atoms with E-state index in [1.54, 1.807) is 7.11 Å². The van der Waals surface area contributed by atoms with Crippen LogP contribution in [0.3, 0.4) is 0 Å².